The van der Waals surface area contributed by atoms with Gasteiger partial charge in [-0.1, -0.05) is 43.5 Å². The highest BCUT2D eigenvalue weighted by Crippen LogP contribution is 2.23. The van der Waals surface area contributed by atoms with Gasteiger partial charge in [-0.25, -0.2) is 9.18 Å². The Morgan fingerprint density at radius 3 is 2.67 bits per heavy atom. The summed E-state index contributed by atoms with van der Waals surface area (Å²) >= 11 is 0. The number of benzene rings is 1. The van der Waals surface area contributed by atoms with E-state index in [4.69, 9.17) is 0 Å². The molecule has 1 unspecified atom stereocenters. The minimum absolute atomic E-state index is 0.0761. The smallest absolute Gasteiger partial charge is 0.322 e. The maximum atomic E-state index is 13.1. The van der Waals surface area contributed by atoms with Gasteiger partial charge in [-0.15, -0.1) is 0 Å². The fourth-order valence-corrected chi connectivity index (χ4v) is 2.93. The molecule has 1 saturated heterocycles. The van der Waals surface area contributed by atoms with Gasteiger partial charge < -0.3 is 10.2 Å². The number of fused-ring (bicyclic) bond motifs is 1. The topological polar surface area (TPSA) is 90.9 Å². The van der Waals surface area contributed by atoms with Gasteiger partial charge >= 0.3 is 6.03 Å². The van der Waals surface area contributed by atoms with E-state index in [-0.39, 0.29) is 12.5 Å². The summed E-state index contributed by atoms with van der Waals surface area (Å²) in [4.78, 5) is 39.6. The van der Waals surface area contributed by atoms with E-state index in [0.717, 1.165) is 11.1 Å². The molecule has 1 aromatic carbocycles. The predicted octanol–water partition coefficient (Wildman–Crippen LogP) is 2.88. The summed E-state index contributed by atoms with van der Waals surface area (Å²) in [6.07, 6.45) is 7.38. The number of amides is 4. The third-order valence-electron chi connectivity index (χ3n) is 4.38. The van der Waals surface area contributed by atoms with Gasteiger partial charge in [0.1, 0.15) is 11.9 Å². The molecule has 0 spiro atoms. The first kappa shape index (κ1) is 22.5. The monoisotopic (exact) mass is 410 g/mol. The fraction of sp³-hybridized carbons (Fsp3) is 0.182. The zero-order valence-corrected chi connectivity index (χ0v) is 16.7. The van der Waals surface area contributed by atoms with Gasteiger partial charge in [0.15, 0.2) is 0 Å². The van der Waals surface area contributed by atoms with E-state index in [9.17, 15) is 18.8 Å². The van der Waals surface area contributed by atoms with E-state index in [1.54, 1.807) is 12.1 Å². The molecule has 4 amide bonds. The number of imide groups is 1. The largest absolute Gasteiger partial charge is 0.332 e. The Morgan fingerprint density at radius 1 is 1.37 bits per heavy atom. The fourth-order valence-electron chi connectivity index (χ4n) is 2.93. The number of carbonyl (C=O) groups is 3. The van der Waals surface area contributed by atoms with Gasteiger partial charge in [0.05, 0.1) is 12.2 Å². The molecule has 2 N–H and O–H groups in total. The number of rotatable bonds is 6. The number of urea groups is 1. The summed E-state index contributed by atoms with van der Waals surface area (Å²) in [7, 11) is 0. The Labute approximate surface area is 174 Å². The van der Waals surface area contributed by atoms with Crippen molar-refractivity contribution in [2.75, 3.05) is 6.54 Å². The van der Waals surface area contributed by atoms with Crippen LogP contribution in [0, 0.1) is 5.82 Å². The maximum Gasteiger partial charge on any atom is 0.322 e. The van der Waals surface area contributed by atoms with Gasteiger partial charge in [0, 0.05) is 12.1 Å². The van der Waals surface area contributed by atoms with Crippen molar-refractivity contribution in [2.45, 2.75) is 19.5 Å². The molecule has 0 radical (unpaired) electrons. The Morgan fingerprint density at radius 2 is 2.10 bits per heavy atom. The van der Waals surface area contributed by atoms with Gasteiger partial charge in [0.25, 0.3) is 11.8 Å². The summed E-state index contributed by atoms with van der Waals surface area (Å²) in [5, 5.41) is 4.52. The molecule has 156 valence electrons. The lowest BCUT2D eigenvalue weighted by Gasteiger charge is -2.18. The average Bonchev–Trinajstić information content (AvgIpc) is 3.20. The Kier molecular flexibility index (Phi) is 7.57. The molecule has 7 nitrogen and oxygen atoms in total. The minimum Gasteiger partial charge on any atom is -0.332 e. The molecular weight excluding hydrogens is 387 g/mol. The van der Waals surface area contributed by atoms with E-state index in [1.165, 1.54) is 17.0 Å². The lowest BCUT2D eigenvalue weighted by atomic mass is 10.1. The standard InChI is InChI=1S/C12H10FN3O3.C10H13N/c13-7-2-1-6-4-16(11(18)8(6)3-7)5-9-10(17)15-12(19)14-9;1-5-7-10(8-6-2)9(3)11-4/h1-3,9H,4-5H2,(H2,14,15,17,19);5-8H,1,3-4H2,2H3/b;8-6-,10-7+. The number of nitrogens with one attached hydrogen (secondary N) is 2. The zero-order valence-electron chi connectivity index (χ0n) is 16.7. The molecule has 1 atom stereocenters. The number of halogens is 1. The van der Waals surface area contributed by atoms with Gasteiger partial charge in [-0.3, -0.25) is 19.9 Å². The second-order valence-corrected chi connectivity index (χ2v) is 6.46. The van der Waals surface area contributed by atoms with E-state index in [1.807, 2.05) is 25.2 Å². The summed E-state index contributed by atoms with van der Waals surface area (Å²) in [5.74, 6) is -1.26. The Hall–Kier alpha value is -3.81. The normalized spacial score (nSPS) is 17.8. The van der Waals surface area contributed by atoms with Crippen molar-refractivity contribution in [3.63, 3.8) is 0 Å². The van der Waals surface area contributed by atoms with E-state index >= 15 is 0 Å². The van der Waals surface area contributed by atoms with Crippen LogP contribution in [0.2, 0.25) is 0 Å². The van der Waals surface area contributed by atoms with Crippen LogP contribution >= 0.6 is 0 Å². The predicted molar refractivity (Wildman–Crippen MR) is 113 cm³/mol. The summed E-state index contributed by atoms with van der Waals surface area (Å²) in [6.45, 7) is 13.0. The molecule has 8 heteroatoms. The van der Waals surface area contributed by atoms with Crippen LogP contribution in [0.1, 0.15) is 22.8 Å². The number of carbonyl (C=O) groups excluding carboxylic acids is 3. The van der Waals surface area contributed by atoms with Crippen molar-refractivity contribution < 1.29 is 18.8 Å². The minimum atomic E-state index is -0.754. The van der Waals surface area contributed by atoms with Crippen molar-refractivity contribution in [3.8, 4) is 0 Å². The second-order valence-electron chi connectivity index (χ2n) is 6.46. The molecule has 2 aliphatic rings. The van der Waals surface area contributed by atoms with E-state index < -0.39 is 23.8 Å². The zero-order chi connectivity index (χ0) is 22.3. The third kappa shape index (κ3) is 5.38. The number of hydrogen-bond donors (Lipinski definition) is 2. The maximum absolute atomic E-state index is 13.1. The van der Waals surface area contributed by atoms with Crippen molar-refractivity contribution in [3.05, 3.63) is 83.9 Å². The van der Waals surface area contributed by atoms with Gasteiger partial charge in [0.2, 0.25) is 0 Å². The van der Waals surface area contributed by atoms with Crippen LogP contribution in [0.4, 0.5) is 9.18 Å². The highest BCUT2D eigenvalue weighted by atomic mass is 19.1. The lowest BCUT2D eigenvalue weighted by Crippen LogP contribution is -2.42. The number of hydrogen-bond acceptors (Lipinski definition) is 4. The van der Waals surface area contributed by atoms with Crippen molar-refractivity contribution in [1.29, 1.82) is 0 Å². The summed E-state index contributed by atoms with van der Waals surface area (Å²) in [5.41, 5.74) is 2.64. The molecule has 2 heterocycles. The first-order chi connectivity index (χ1) is 14.3. The number of nitrogens with zero attached hydrogens (tertiary/aromatic N) is 2. The molecule has 0 aliphatic carbocycles. The summed E-state index contributed by atoms with van der Waals surface area (Å²) < 4.78 is 13.1. The van der Waals surface area contributed by atoms with Gasteiger partial charge in [-0.2, -0.15) is 0 Å². The van der Waals surface area contributed by atoms with Crippen molar-refractivity contribution in [2.24, 2.45) is 4.99 Å². The van der Waals surface area contributed by atoms with Crippen molar-refractivity contribution in [1.82, 2.24) is 15.5 Å². The Bertz CT molecular complexity index is 965. The summed E-state index contributed by atoms with van der Waals surface area (Å²) in [6, 6.07) is 2.71. The molecule has 0 bridgehead atoms. The van der Waals surface area contributed by atoms with Crippen LogP contribution in [0.3, 0.4) is 0 Å². The van der Waals surface area contributed by atoms with Crippen LogP contribution in [-0.2, 0) is 11.3 Å². The first-order valence-corrected chi connectivity index (χ1v) is 9.11. The second kappa shape index (κ2) is 10.1. The average molecular weight is 410 g/mol. The van der Waals surface area contributed by atoms with E-state index in [0.29, 0.717) is 17.8 Å². The SMILES string of the molecule is C=C/C=C(\C=C/C)C(=C)N=C.O=C1NC(=O)C(CN2Cc3ccc(F)cc3C2=O)N1. The first-order valence-electron chi connectivity index (χ1n) is 9.11. The van der Waals surface area contributed by atoms with Crippen LogP contribution in [0.15, 0.2) is 71.9 Å². The Balaban J connectivity index is 0.000000252. The molecule has 1 aromatic rings. The molecule has 3 rings (SSSR count). The van der Waals surface area contributed by atoms with E-state index in [2.05, 4.69) is 35.5 Å². The van der Waals surface area contributed by atoms with Crippen LogP contribution in [-0.4, -0.2) is 42.0 Å². The van der Waals surface area contributed by atoms with Crippen molar-refractivity contribution >= 4 is 24.6 Å². The van der Waals surface area contributed by atoms with Crippen LogP contribution in [0.25, 0.3) is 0 Å². The third-order valence-corrected chi connectivity index (χ3v) is 4.38. The highest BCUT2D eigenvalue weighted by Gasteiger charge is 2.35. The molecule has 0 aromatic heterocycles. The number of allylic oxidation sites excluding steroid dienone is 4. The molecule has 2 aliphatic heterocycles. The van der Waals surface area contributed by atoms with Gasteiger partial charge in [-0.05, 0) is 36.9 Å². The molecular formula is C22H23FN4O3. The lowest BCUT2D eigenvalue weighted by molar-refractivity contribution is -0.120. The molecule has 30 heavy (non-hydrogen) atoms. The molecule has 0 saturated carbocycles. The van der Waals surface area contributed by atoms with Crippen LogP contribution in [0.5, 0.6) is 0 Å². The quantitative estimate of drug-likeness (QED) is 0.429. The highest BCUT2D eigenvalue weighted by molar-refractivity contribution is 6.05. The number of aliphatic imine (C=N–C) groups is 1. The van der Waals surface area contributed by atoms with Crippen LogP contribution < -0.4 is 10.6 Å². The molecule has 1 fully saturated rings.